The Labute approximate surface area is 82.2 Å². The van der Waals surface area contributed by atoms with Gasteiger partial charge in [0.05, 0.1) is 0 Å². The van der Waals surface area contributed by atoms with Crippen molar-refractivity contribution in [2.75, 3.05) is 32.7 Å². The van der Waals surface area contributed by atoms with Crippen LogP contribution in [0.1, 0.15) is 20.8 Å². The lowest BCUT2D eigenvalue weighted by atomic mass is 10.2. The largest absolute Gasteiger partial charge is 0.298 e. The van der Waals surface area contributed by atoms with E-state index in [4.69, 9.17) is 0 Å². The second-order valence-corrected chi connectivity index (χ2v) is 4.00. The summed E-state index contributed by atoms with van der Waals surface area (Å²) in [5.41, 5.74) is 0. The average molecular weight is 182 g/mol. The van der Waals surface area contributed by atoms with Crippen LogP contribution in [-0.2, 0) is 0 Å². The van der Waals surface area contributed by atoms with Crippen LogP contribution < -0.4 is 0 Å². The average Bonchev–Trinajstić information content (AvgIpc) is 2.15. The minimum atomic E-state index is 0.712. The Hall–Kier alpha value is -0.340. The maximum absolute atomic E-state index is 2.55. The van der Waals surface area contributed by atoms with Crippen molar-refractivity contribution < 1.29 is 0 Å². The molecule has 0 saturated carbocycles. The fourth-order valence-electron chi connectivity index (χ4n) is 1.72. The third-order valence-corrected chi connectivity index (χ3v) is 2.74. The van der Waals surface area contributed by atoms with E-state index in [1.807, 2.05) is 0 Å². The summed E-state index contributed by atoms with van der Waals surface area (Å²) in [6, 6.07) is 0.712. The van der Waals surface area contributed by atoms with Gasteiger partial charge in [-0.3, -0.25) is 9.80 Å². The molecule has 1 heterocycles. The van der Waals surface area contributed by atoms with Crippen LogP contribution in [0.15, 0.2) is 12.2 Å². The van der Waals surface area contributed by atoms with Gasteiger partial charge in [0.15, 0.2) is 0 Å². The summed E-state index contributed by atoms with van der Waals surface area (Å²) in [4.78, 5) is 5.06. The number of rotatable bonds is 3. The minimum absolute atomic E-state index is 0.712. The molecule has 0 amide bonds. The molecule has 2 heteroatoms. The predicted octanol–water partition coefficient (Wildman–Crippen LogP) is 1.59. The van der Waals surface area contributed by atoms with Crippen LogP contribution in [0.2, 0.25) is 0 Å². The maximum Gasteiger partial charge on any atom is 0.0164 e. The highest BCUT2D eigenvalue weighted by Crippen LogP contribution is 2.05. The minimum Gasteiger partial charge on any atom is -0.298 e. The van der Waals surface area contributed by atoms with Gasteiger partial charge < -0.3 is 0 Å². The van der Waals surface area contributed by atoms with Crippen molar-refractivity contribution in [2.24, 2.45) is 0 Å². The van der Waals surface area contributed by atoms with Crippen LogP contribution in [0.25, 0.3) is 0 Å². The maximum atomic E-state index is 2.55. The highest BCUT2D eigenvalue weighted by Gasteiger charge is 2.17. The van der Waals surface area contributed by atoms with Crippen molar-refractivity contribution in [1.29, 1.82) is 0 Å². The molecular weight excluding hydrogens is 160 g/mol. The van der Waals surface area contributed by atoms with Gasteiger partial charge in [-0.05, 0) is 20.8 Å². The molecule has 1 rings (SSSR count). The third kappa shape index (κ3) is 3.49. The van der Waals surface area contributed by atoms with E-state index in [1.165, 1.54) is 26.2 Å². The first-order valence-electron chi connectivity index (χ1n) is 5.31. The zero-order chi connectivity index (χ0) is 9.68. The molecule has 0 radical (unpaired) electrons. The molecule has 1 saturated heterocycles. The molecule has 1 fully saturated rings. The summed E-state index contributed by atoms with van der Waals surface area (Å²) in [5, 5.41) is 0. The van der Waals surface area contributed by atoms with E-state index in [1.54, 1.807) is 0 Å². The van der Waals surface area contributed by atoms with Crippen molar-refractivity contribution in [3.63, 3.8) is 0 Å². The quantitative estimate of drug-likeness (QED) is 0.612. The molecule has 0 aliphatic carbocycles. The van der Waals surface area contributed by atoms with Gasteiger partial charge in [-0.2, -0.15) is 0 Å². The molecular formula is C11H22N2. The molecule has 0 spiro atoms. The van der Waals surface area contributed by atoms with E-state index >= 15 is 0 Å². The highest BCUT2D eigenvalue weighted by molar-refractivity contribution is 4.84. The van der Waals surface area contributed by atoms with E-state index in [-0.39, 0.29) is 0 Å². The molecule has 1 aliphatic rings. The Balaban J connectivity index is 2.22. The van der Waals surface area contributed by atoms with Gasteiger partial charge in [-0.25, -0.2) is 0 Å². The zero-order valence-electron chi connectivity index (χ0n) is 9.16. The van der Waals surface area contributed by atoms with E-state index < -0.39 is 0 Å². The molecule has 76 valence electrons. The molecule has 0 atom stereocenters. The third-order valence-electron chi connectivity index (χ3n) is 2.74. The van der Waals surface area contributed by atoms with Crippen molar-refractivity contribution in [3.05, 3.63) is 12.2 Å². The number of nitrogens with zero attached hydrogens (tertiary/aromatic N) is 2. The molecule has 1 aliphatic heterocycles. The molecule has 2 nitrogen and oxygen atoms in total. The van der Waals surface area contributed by atoms with Crippen LogP contribution >= 0.6 is 0 Å². The number of allylic oxidation sites excluding steroid dienone is 1. The van der Waals surface area contributed by atoms with Gasteiger partial charge in [0.25, 0.3) is 0 Å². The van der Waals surface area contributed by atoms with E-state index in [2.05, 4.69) is 42.7 Å². The highest BCUT2D eigenvalue weighted by atomic mass is 15.3. The Kier molecular flexibility index (Phi) is 4.46. The summed E-state index contributed by atoms with van der Waals surface area (Å²) in [7, 11) is 0. The van der Waals surface area contributed by atoms with Crippen molar-refractivity contribution >= 4 is 0 Å². The fraction of sp³-hybridized carbons (Fsp3) is 0.818. The summed E-state index contributed by atoms with van der Waals surface area (Å²) >= 11 is 0. The smallest absolute Gasteiger partial charge is 0.0164 e. The molecule has 13 heavy (non-hydrogen) atoms. The van der Waals surface area contributed by atoms with Crippen LogP contribution in [0, 0.1) is 0 Å². The summed E-state index contributed by atoms with van der Waals surface area (Å²) in [5.74, 6) is 0. The molecule has 0 aromatic carbocycles. The van der Waals surface area contributed by atoms with E-state index in [0.717, 1.165) is 6.54 Å². The first-order chi connectivity index (χ1) is 6.24. The lowest BCUT2D eigenvalue weighted by molar-refractivity contribution is 0.117. The normalized spacial score (nSPS) is 21.8. The Morgan fingerprint density at radius 3 is 2.23 bits per heavy atom. The number of piperazine rings is 1. The van der Waals surface area contributed by atoms with Crippen molar-refractivity contribution in [3.8, 4) is 0 Å². The fourth-order valence-corrected chi connectivity index (χ4v) is 1.72. The molecule has 0 unspecified atom stereocenters. The van der Waals surface area contributed by atoms with E-state index in [0.29, 0.717) is 6.04 Å². The summed E-state index contributed by atoms with van der Waals surface area (Å²) < 4.78 is 0. The topological polar surface area (TPSA) is 6.48 Å². The van der Waals surface area contributed by atoms with Crippen LogP contribution in [0.5, 0.6) is 0 Å². The Bertz CT molecular complexity index is 155. The second kappa shape index (κ2) is 5.40. The van der Waals surface area contributed by atoms with Gasteiger partial charge in [-0.1, -0.05) is 12.2 Å². The lowest BCUT2D eigenvalue weighted by Gasteiger charge is -2.36. The van der Waals surface area contributed by atoms with Crippen LogP contribution in [0.4, 0.5) is 0 Å². The SMILES string of the molecule is C/C=C/CN1CCN(C(C)C)CC1. The lowest BCUT2D eigenvalue weighted by Crippen LogP contribution is -2.48. The van der Waals surface area contributed by atoms with Crippen molar-refractivity contribution in [2.45, 2.75) is 26.8 Å². The van der Waals surface area contributed by atoms with Crippen LogP contribution in [-0.4, -0.2) is 48.6 Å². The van der Waals surface area contributed by atoms with Gasteiger partial charge in [-0.15, -0.1) is 0 Å². The van der Waals surface area contributed by atoms with Gasteiger partial charge in [0.2, 0.25) is 0 Å². The van der Waals surface area contributed by atoms with Gasteiger partial charge in [0, 0.05) is 38.8 Å². The Morgan fingerprint density at radius 2 is 1.77 bits per heavy atom. The van der Waals surface area contributed by atoms with Crippen molar-refractivity contribution in [1.82, 2.24) is 9.80 Å². The first kappa shape index (κ1) is 10.7. The first-order valence-corrected chi connectivity index (χ1v) is 5.31. The van der Waals surface area contributed by atoms with E-state index in [9.17, 15) is 0 Å². The Morgan fingerprint density at radius 1 is 1.15 bits per heavy atom. The molecule has 0 aromatic heterocycles. The standard InChI is InChI=1S/C11H22N2/c1-4-5-6-12-7-9-13(10-8-12)11(2)3/h4-5,11H,6-10H2,1-3H3/b5-4+. The van der Waals surface area contributed by atoms with Crippen LogP contribution in [0.3, 0.4) is 0 Å². The van der Waals surface area contributed by atoms with Gasteiger partial charge >= 0.3 is 0 Å². The summed E-state index contributed by atoms with van der Waals surface area (Å²) in [6.07, 6.45) is 4.37. The molecule has 0 N–H and O–H groups in total. The number of hydrogen-bond acceptors (Lipinski definition) is 2. The molecule has 0 aromatic rings. The predicted molar refractivity (Wildman–Crippen MR) is 58.0 cm³/mol. The second-order valence-electron chi connectivity index (χ2n) is 4.00. The zero-order valence-corrected chi connectivity index (χ0v) is 9.16. The van der Waals surface area contributed by atoms with Gasteiger partial charge in [0.1, 0.15) is 0 Å². The number of hydrogen-bond donors (Lipinski definition) is 0. The summed E-state index contributed by atoms with van der Waals surface area (Å²) in [6.45, 7) is 12.7. The molecule has 0 bridgehead atoms. The monoisotopic (exact) mass is 182 g/mol.